The van der Waals surface area contributed by atoms with Gasteiger partial charge in [0.1, 0.15) is 5.69 Å². The minimum absolute atomic E-state index is 0.204. The van der Waals surface area contributed by atoms with E-state index in [0.717, 1.165) is 6.20 Å². The lowest BCUT2D eigenvalue weighted by molar-refractivity contribution is 0.272. The van der Waals surface area contributed by atoms with E-state index in [1.54, 1.807) is 0 Å². The summed E-state index contributed by atoms with van der Waals surface area (Å²) in [5.74, 6) is -0.473. The van der Waals surface area contributed by atoms with Gasteiger partial charge < -0.3 is 4.74 Å². The molecule has 0 radical (unpaired) electrons. The minimum Gasteiger partial charge on any atom is -0.501 e. The summed E-state index contributed by atoms with van der Waals surface area (Å²) in [5, 5.41) is 0. The van der Waals surface area contributed by atoms with Gasteiger partial charge in [-0.15, -0.1) is 0 Å². The van der Waals surface area contributed by atoms with Crippen molar-refractivity contribution >= 4 is 22.0 Å². The van der Waals surface area contributed by atoms with Crippen LogP contribution in [0.5, 0.6) is 0 Å². The normalized spacial score (nSPS) is 10.7. The average Bonchev–Trinajstić information content (AvgIpc) is 2.11. The van der Waals surface area contributed by atoms with Gasteiger partial charge in [-0.05, 0) is 22.9 Å². The summed E-state index contributed by atoms with van der Waals surface area (Å²) < 4.78 is 18.2. The summed E-state index contributed by atoms with van der Waals surface area (Å²) in [6.45, 7) is 2.39. The van der Waals surface area contributed by atoms with E-state index in [1.165, 1.54) is 12.3 Å². The molecule has 3 nitrogen and oxygen atoms in total. The first kappa shape index (κ1) is 10.1. The number of hydrogen-bond donors (Lipinski definition) is 0. The van der Waals surface area contributed by atoms with Gasteiger partial charge in [0.15, 0.2) is 10.6 Å². The van der Waals surface area contributed by atoms with Crippen molar-refractivity contribution in [3.05, 3.63) is 28.7 Å². The van der Waals surface area contributed by atoms with E-state index in [2.05, 4.69) is 25.9 Å². The van der Waals surface area contributed by atoms with Crippen molar-refractivity contribution in [2.45, 2.75) is 6.92 Å². The smallest absolute Gasteiger partial charge is 0.197 e. The molecule has 0 aliphatic heterocycles. The van der Waals surface area contributed by atoms with Gasteiger partial charge in [-0.2, -0.15) is 0 Å². The monoisotopic (exact) mass is 246 g/mol. The van der Waals surface area contributed by atoms with Crippen molar-refractivity contribution in [3.63, 3.8) is 0 Å². The van der Waals surface area contributed by atoms with Gasteiger partial charge in [0, 0.05) is 6.08 Å². The molecule has 0 aromatic carbocycles. The zero-order valence-corrected chi connectivity index (χ0v) is 8.58. The first-order valence-corrected chi connectivity index (χ1v) is 4.49. The molecule has 0 N–H and O–H groups in total. The van der Waals surface area contributed by atoms with Crippen molar-refractivity contribution in [2.24, 2.45) is 0 Å². The molecule has 13 heavy (non-hydrogen) atoms. The Kier molecular flexibility index (Phi) is 3.82. The molecule has 0 aliphatic rings. The Hall–Kier alpha value is -0.970. The van der Waals surface area contributed by atoms with Crippen LogP contribution in [-0.2, 0) is 4.74 Å². The first-order chi connectivity index (χ1) is 6.24. The lowest BCUT2D eigenvalue weighted by Crippen LogP contribution is -1.91. The van der Waals surface area contributed by atoms with Crippen LogP contribution in [0.1, 0.15) is 12.6 Å². The highest BCUT2D eigenvalue weighted by Crippen LogP contribution is 2.08. The van der Waals surface area contributed by atoms with Crippen LogP contribution in [0.4, 0.5) is 4.39 Å². The molecule has 0 amide bonds. The largest absolute Gasteiger partial charge is 0.501 e. The van der Waals surface area contributed by atoms with E-state index in [0.29, 0.717) is 11.3 Å². The molecular weight excluding hydrogens is 239 g/mol. The van der Waals surface area contributed by atoms with Crippen LogP contribution < -0.4 is 0 Å². The third-order valence-electron chi connectivity index (χ3n) is 1.23. The molecule has 70 valence electrons. The summed E-state index contributed by atoms with van der Waals surface area (Å²) in [4.78, 5) is 7.43. The van der Waals surface area contributed by atoms with Crippen molar-refractivity contribution in [1.29, 1.82) is 0 Å². The van der Waals surface area contributed by atoms with Crippen LogP contribution in [0.3, 0.4) is 0 Å². The van der Waals surface area contributed by atoms with Crippen LogP contribution >= 0.6 is 15.9 Å². The Morgan fingerprint density at radius 3 is 3.15 bits per heavy atom. The maximum absolute atomic E-state index is 12.9. The molecular formula is C8H8BrFN2O. The number of hydrogen-bond acceptors (Lipinski definition) is 3. The Bertz CT molecular complexity index is 317. The topological polar surface area (TPSA) is 35.0 Å². The number of nitrogens with zero attached hydrogens (tertiary/aromatic N) is 2. The lowest BCUT2D eigenvalue weighted by atomic mass is 10.4. The molecule has 0 unspecified atom stereocenters. The summed E-state index contributed by atoms with van der Waals surface area (Å²) in [6, 6.07) is 0. The van der Waals surface area contributed by atoms with Gasteiger partial charge in [0.25, 0.3) is 0 Å². The molecule has 0 aliphatic carbocycles. The molecule has 0 bridgehead atoms. The predicted octanol–water partition coefficient (Wildman–Crippen LogP) is 2.39. The van der Waals surface area contributed by atoms with Crippen LogP contribution in [0.2, 0.25) is 0 Å². The second kappa shape index (κ2) is 4.91. The highest BCUT2D eigenvalue weighted by atomic mass is 79.9. The van der Waals surface area contributed by atoms with Gasteiger partial charge in [-0.1, -0.05) is 0 Å². The standard InChI is InChI=1S/C8H8BrFN2O/c1-2-13-4-3-7-6(10)5-11-8(9)12-7/h3-5H,2H2,1H3/b4-3+. The molecule has 0 fully saturated rings. The van der Waals surface area contributed by atoms with Crippen LogP contribution in [0, 0.1) is 5.82 Å². The molecule has 0 atom stereocenters. The van der Waals surface area contributed by atoms with Crippen molar-refractivity contribution in [1.82, 2.24) is 9.97 Å². The Balaban J connectivity index is 2.81. The lowest BCUT2D eigenvalue weighted by Gasteiger charge is -1.96. The summed E-state index contributed by atoms with van der Waals surface area (Å²) in [6.07, 6.45) is 3.95. The highest BCUT2D eigenvalue weighted by Gasteiger charge is 2.01. The van der Waals surface area contributed by atoms with E-state index < -0.39 is 5.82 Å². The summed E-state index contributed by atoms with van der Waals surface area (Å²) >= 11 is 3.04. The average molecular weight is 247 g/mol. The molecule has 0 spiro atoms. The Morgan fingerprint density at radius 1 is 1.69 bits per heavy atom. The zero-order valence-electron chi connectivity index (χ0n) is 7.00. The van der Waals surface area contributed by atoms with E-state index in [1.807, 2.05) is 6.92 Å². The van der Waals surface area contributed by atoms with E-state index >= 15 is 0 Å². The van der Waals surface area contributed by atoms with Gasteiger partial charge in [-0.3, -0.25) is 0 Å². The van der Waals surface area contributed by atoms with Crippen molar-refractivity contribution in [2.75, 3.05) is 6.61 Å². The van der Waals surface area contributed by atoms with E-state index in [4.69, 9.17) is 4.74 Å². The van der Waals surface area contributed by atoms with Gasteiger partial charge in [-0.25, -0.2) is 14.4 Å². The van der Waals surface area contributed by atoms with Crippen LogP contribution in [0.15, 0.2) is 17.2 Å². The molecule has 0 saturated heterocycles. The molecule has 1 rings (SSSR count). The third-order valence-corrected chi connectivity index (χ3v) is 1.61. The van der Waals surface area contributed by atoms with E-state index in [9.17, 15) is 4.39 Å². The second-order valence-electron chi connectivity index (χ2n) is 2.13. The summed E-state index contributed by atoms with van der Waals surface area (Å²) in [5.41, 5.74) is 0.204. The fourth-order valence-electron chi connectivity index (χ4n) is 0.683. The van der Waals surface area contributed by atoms with Crippen LogP contribution in [-0.4, -0.2) is 16.6 Å². The predicted molar refractivity (Wildman–Crippen MR) is 50.4 cm³/mol. The van der Waals surface area contributed by atoms with Crippen LogP contribution in [0.25, 0.3) is 6.08 Å². The minimum atomic E-state index is -0.473. The van der Waals surface area contributed by atoms with Crippen molar-refractivity contribution in [3.8, 4) is 0 Å². The molecule has 5 heteroatoms. The SMILES string of the molecule is CCO/C=C/c1nc(Br)ncc1F. The first-order valence-electron chi connectivity index (χ1n) is 3.70. The number of halogens is 2. The molecule has 1 heterocycles. The van der Waals surface area contributed by atoms with Gasteiger partial charge >= 0.3 is 0 Å². The highest BCUT2D eigenvalue weighted by molar-refractivity contribution is 9.10. The van der Waals surface area contributed by atoms with Gasteiger partial charge in [0.2, 0.25) is 0 Å². The third kappa shape index (κ3) is 3.10. The maximum Gasteiger partial charge on any atom is 0.197 e. The summed E-state index contributed by atoms with van der Waals surface area (Å²) in [7, 11) is 0. The molecule has 1 aromatic rings. The Labute approximate surface area is 83.8 Å². The molecule has 1 aromatic heterocycles. The Morgan fingerprint density at radius 2 is 2.46 bits per heavy atom. The zero-order chi connectivity index (χ0) is 9.68. The van der Waals surface area contributed by atoms with Crippen molar-refractivity contribution < 1.29 is 9.13 Å². The number of aromatic nitrogens is 2. The number of rotatable bonds is 3. The second-order valence-corrected chi connectivity index (χ2v) is 2.84. The van der Waals surface area contributed by atoms with Gasteiger partial charge in [0.05, 0.1) is 19.1 Å². The quantitative estimate of drug-likeness (QED) is 0.607. The number of ether oxygens (including phenoxy) is 1. The maximum atomic E-state index is 12.9. The fraction of sp³-hybridized carbons (Fsp3) is 0.250. The van der Waals surface area contributed by atoms with E-state index in [-0.39, 0.29) is 5.69 Å². The fourth-order valence-corrected chi connectivity index (χ4v) is 0.977. The molecule has 0 saturated carbocycles.